The van der Waals surface area contributed by atoms with Crippen molar-refractivity contribution in [1.29, 1.82) is 0 Å². The lowest BCUT2D eigenvalue weighted by Gasteiger charge is -2.02. The fourth-order valence-corrected chi connectivity index (χ4v) is 2.68. The van der Waals surface area contributed by atoms with Crippen LogP contribution in [0.3, 0.4) is 0 Å². The van der Waals surface area contributed by atoms with Gasteiger partial charge in [0.2, 0.25) is 0 Å². The molecule has 1 fully saturated rings. The first-order valence-corrected chi connectivity index (χ1v) is 7.65. The van der Waals surface area contributed by atoms with E-state index >= 15 is 0 Å². The predicted molar refractivity (Wildman–Crippen MR) is 86.3 cm³/mol. The maximum atomic E-state index is 4.49. The summed E-state index contributed by atoms with van der Waals surface area (Å²) in [5.74, 6) is 1.06. The quantitative estimate of drug-likeness (QED) is 0.749. The Bertz CT molecular complexity index is 756. The van der Waals surface area contributed by atoms with Crippen LogP contribution in [0.1, 0.15) is 18.7 Å². The van der Waals surface area contributed by atoms with Crippen LogP contribution in [0.15, 0.2) is 48.7 Å². The van der Waals surface area contributed by atoms with Crippen LogP contribution < -0.4 is 5.32 Å². The van der Waals surface area contributed by atoms with Crippen LogP contribution in [-0.4, -0.2) is 22.6 Å². The Hall–Kier alpha value is -2.13. The smallest absolute Gasteiger partial charge is 0.107 e. The zero-order chi connectivity index (χ0) is 14.1. The van der Waals surface area contributed by atoms with Gasteiger partial charge in [-0.1, -0.05) is 36.4 Å². The highest BCUT2D eigenvalue weighted by atomic mass is 15.0. The summed E-state index contributed by atoms with van der Waals surface area (Å²) in [6, 6.07) is 15.7. The van der Waals surface area contributed by atoms with Gasteiger partial charge in [-0.25, -0.2) is 4.98 Å². The van der Waals surface area contributed by atoms with Crippen molar-refractivity contribution in [3.63, 3.8) is 0 Å². The Morgan fingerprint density at radius 2 is 1.95 bits per heavy atom. The molecule has 0 spiro atoms. The number of H-pyrrole nitrogens is 1. The molecular formula is C18H19N3. The summed E-state index contributed by atoms with van der Waals surface area (Å²) in [6.07, 6.45) is 5.57. The summed E-state index contributed by atoms with van der Waals surface area (Å²) >= 11 is 0. The van der Waals surface area contributed by atoms with E-state index in [9.17, 15) is 0 Å². The molecule has 0 bridgehead atoms. The number of aromatic amines is 1. The van der Waals surface area contributed by atoms with Gasteiger partial charge < -0.3 is 10.3 Å². The normalized spacial score (nSPS) is 14.7. The zero-order valence-corrected chi connectivity index (χ0v) is 12.0. The van der Waals surface area contributed by atoms with Gasteiger partial charge in [-0.05, 0) is 29.7 Å². The van der Waals surface area contributed by atoms with Gasteiger partial charge in [-0.2, -0.15) is 0 Å². The van der Waals surface area contributed by atoms with E-state index in [2.05, 4.69) is 57.7 Å². The van der Waals surface area contributed by atoms with E-state index in [0.717, 1.165) is 30.5 Å². The van der Waals surface area contributed by atoms with Gasteiger partial charge in [0.05, 0.1) is 11.9 Å². The molecule has 1 saturated carbocycles. The fraction of sp³-hybridized carbons (Fsp3) is 0.278. The Morgan fingerprint density at radius 1 is 1.10 bits per heavy atom. The molecule has 0 radical (unpaired) electrons. The lowest BCUT2D eigenvalue weighted by atomic mass is 10.1. The average molecular weight is 277 g/mol. The number of nitrogens with zero attached hydrogens (tertiary/aromatic N) is 1. The number of aromatic nitrogens is 2. The Balaban J connectivity index is 1.52. The minimum atomic E-state index is 0.764. The van der Waals surface area contributed by atoms with Gasteiger partial charge in [0, 0.05) is 24.6 Å². The Morgan fingerprint density at radius 3 is 2.81 bits per heavy atom. The van der Waals surface area contributed by atoms with E-state index in [1.54, 1.807) is 0 Å². The standard InChI is InChI=1S/C18H19N3/c1-2-4-14-11-15(6-5-13(14)3-1)17-12-20-18(21-17)9-10-19-16-7-8-16/h1-6,11-12,16,19H,7-10H2,(H,20,21). The van der Waals surface area contributed by atoms with E-state index in [-0.39, 0.29) is 0 Å². The van der Waals surface area contributed by atoms with E-state index in [4.69, 9.17) is 0 Å². The maximum Gasteiger partial charge on any atom is 0.107 e. The summed E-state index contributed by atoms with van der Waals surface area (Å²) < 4.78 is 0. The number of imidazole rings is 1. The first-order valence-electron chi connectivity index (χ1n) is 7.65. The molecule has 1 aliphatic carbocycles. The van der Waals surface area contributed by atoms with Gasteiger partial charge in [-0.3, -0.25) is 0 Å². The van der Waals surface area contributed by atoms with Crippen LogP contribution >= 0.6 is 0 Å². The van der Waals surface area contributed by atoms with Gasteiger partial charge in [0.25, 0.3) is 0 Å². The molecule has 1 heterocycles. The van der Waals surface area contributed by atoms with Crippen LogP contribution in [0.2, 0.25) is 0 Å². The third-order valence-electron chi connectivity index (χ3n) is 4.06. The molecule has 4 rings (SSSR count). The van der Waals surface area contributed by atoms with E-state index in [1.807, 2.05) is 6.20 Å². The highest BCUT2D eigenvalue weighted by Gasteiger charge is 2.19. The van der Waals surface area contributed by atoms with E-state index in [0.29, 0.717) is 0 Å². The summed E-state index contributed by atoms with van der Waals surface area (Å²) in [4.78, 5) is 7.93. The van der Waals surface area contributed by atoms with E-state index < -0.39 is 0 Å². The van der Waals surface area contributed by atoms with Crippen molar-refractivity contribution in [2.24, 2.45) is 0 Å². The second-order valence-electron chi connectivity index (χ2n) is 5.78. The van der Waals surface area contributed by atoms with Crippen molar-refractivity contribution in [3.8, 4) is 11.3 Å². The van der Waals surface area contributed by atoms with Crippen molar-refractivity contribution in [2.75, 3.05) is 6.54 Å². The predicted octanol–water partition coefficient (Wildman–Crippen LogP) is 3.52. The average Bonchev–Trinajstić information content (AvgIpc) is 3.23. The molecule has 0 aliphatic heterocycles. The Kier molecular flexibility index (Phi) is 3.20. The first-order chi connectivity index (χ1) is 10.4. The number of benzene rings is 2. The number of nitrogens with one attached hydrogen (secondary N) is 2. The van der Waals surface area contributed by atoms with Gasteiger partial charge >= 0.3 is 0 Å². The van der Waals surface area contributed by atoms with Gasteiger partial charge in [0.15, 0.2) is 0 Å². The molecule has 0 unspecified atom stereocenters. The lowest BCUT2D eigenvalue weighted by molar-refractivity contribution is 0.669. The molecule has 1 aromatic heterocycles. The fourth-order valence-electron chi connectivity index (χ4n) is 2.68. The van der Waals surface area contributed by atoms with Crippen molar-refractivity contribution in [1.82, 2.24) is 15.3 Å². The minimum Gasteiger partial charge on any atom is -0.342 e. The molecule has 2 aromatic carbocycles. The number of hydrogen-bond acceptors (Lipinski definition) is 2. The Labute approximate surface area is 124 Å². The molecule has 21 heavy (non-hydrogen) atoms. The number of hydrogen-bond donors (Lipinski definition) is 2. The van der Waals surface area contributed by atoms with Gasteiger partial charge in [0.1, 0.15) is 5.82 Å². The molecule has 1 aliphatic rings. The minimum absolute atomic E-state index is 0.764. The third kappa shape index (κ3) is 2.83. The highest BCUT2D eigenvalue weighted by Crippen LogP contribution is 2.23. The first kappa shape index (κ1) is 12.6. The molecule has 106 valence electrons. The van der Waals surface area contributed by atoms with Crippen molar-refractivity contribution >= 4 is 10.8 Å². The lowest BCUT2D eigenvalue weighted by Crippen LogP contribution is -2.19. The molecule has 0 amide bonds. The highest BCUT2D eigenvalue weighted by molar-refractivity contribution is 5.86. The van der Waals surface area contributed by atoms with Crippen LogP contribution in [0.5, 0.6) is 0 Å². The molecule has 3 aromatic rings. The number of rotatable bonds is 5. The van der Waals surface area contributed by atoms with Crippen LogP contribution in [0.25, 0.3) is 22.0 Å². The van der Waals surface area contributed by atoms with Gasteiger partial charge in [-0.15, -0.1) is 0 Å². The molecular weight excluding hydrogens is 258 g/mol. The summed E-state index contributed by atoms with van der Waals surface area (Å²) in [5.41, 5.74) is 2.30. The maximum absolute atomic E-state index is 4.49. The molecule has 2 N–H and O–H groups in total. The summed E-state index contributed by atoms with van der Waals surface area (Å²) in [6.45, 7) is 1.01. The molecule has 0 saturated heterocycles. The topological polar surface area (TPSA) is 40.7 Å². The van der Waals surface area contributed by atoms with Crippen LogP contribution in [-0.2, 0) is 6.42 Å². The third-order valence-corrected chi connectivity index (χ3v) is 4.06. The molecule has 0 atom stereocenters. The molecule has 3 nitrogen and oxygen atoms in total. The molecule has 3 heteroatoms. The monoisotopic (exact) mass is 277 g/mol. The SMILES string of the molecule is c1ccc2cc(-c3cnc(CCNC4CC4)[nH]3)ccc2c1. The summed E-state index contributed by atoms with van der Waals surface area (Å²) in [5, 5.41) is 6.06. The largest absolute Gasteiger partial charge is 0.342 e. The summed E-state index contributed by atoms with van der Waals surface area (Å²) in [7, 11) is 0. The number of fused-ring (bicyclic) bond motifs is 1. The zero-order valence-electron chi connectivity index (χ0n) is 12.0. The second-order valence-corrected chi connectivity index (χ2v) is 5.78. The van der Waals surface area contributed by atoms with E-state index in [1.165, 1.54) is 29.2 Å². The van der Waals surface area contributed by atoms with Crippen LogP contribution in [0, 0.1) is 0 Å². The van der Waals surface area contributed by atoms with Crippen LogP contribution in [0.4, 0.5) is 0 Å². The second kappa shape index (κ2) is 5.34. The van der Waals surface area contributed by atoms with Crippen molar-refractivity contribution in [3.05, 3.63) is 54.5 Å². The van der Waals surface area contributed by atoms with Crippen molar-refractivity contribution in [2.45, 2.75) is 25.3 Å². The van der Waals surface area contributed by atoms with Crippen molar-refractivity contribution < 1.29 is 0 Å².